The van der Waals surface area contributed by atoms with E-state index in [1.807, 2.05) is 6.92 Å². The molecule has 0 saturated carbocycles. The molecule has 3 aromatic heterocycles. The minimum atomic E-state index is -4.62. The summed E-state index contributed by atoms with van der Waals surface area (Å²) in [6, 6.07) is 2.58. The van der Waals surface area contributed by atoms with Gasteiger partial charge >= 0.3 is 6.18 Å². The molecule has 0 saturated heterocycles. The molecule has 2 N–H and O–H groups in total. The molecule has 0 fully saturated rings. The molecule has 1 amide bonds. The highest BCUT2D eigenvalue weighted by atomic mass is 32.2. The van der Waals surface area contributed by atoms with Gasteiger partial charge in [-0.3, -0.25) is 4.79 Å². The number of alkyl halides is 3. The van der Waals surface area contributed by atoms with E-state index in [1.165, 1.54) is 16.3 Å². The Labute approximate surface area is 180 Å². The number of aromatic nitrogens is 5. The Morgan fingerprint density at radius 3 is 2.48 bits per heavy atom. The minimum Gasteiger partial charge on any atom is -0.476 e. The number of amides is 1. The van der Waals surface area contributed by atoms with Gasteiger partial charge in [-0.2, -0.15) is 13.2 Å². The van der Waals surface area contributed by atoms with E-state index in [-0.39, 0.29) is 11.2 Å². The van der Waals surface area contributed by atoms with Crippen molar-refractivity contribution >= 4 is 28.8 Å². The Kier molecular flexibility index (Phi) is 5.87. The Morgan fingerprint density at radius 1 is 1.23 bits per heavy atom. The van der Waals surface area contributed by atoms with Gasteiger partial charge in [0.2, 0.25) is 0 Å². The maximum Gasteiger partial charge on any atom is 0.435 e. The van der Waals surface area contributed by atoms with Crippen molar-refractivity contribution in [2.24, 2.45) is 12.8 Å². The standard InChI is InChI=1S/C19H21F3N6O2S/c1-6-31-12-8-11(30-18(3,4)17(23)29)9(2)24-14(12)16-25-10-7-13(19(20,21)22)26-27-15(10)28(16)5/h7-8H,6H2,1-5H3,(H2,23,29). The highest BCUT2D eigenvalue weighted by Crippen LogP contribution is 2.36. The number of halogens is 3. The number of carbonyl (C=O) groups is 1. The van der Waals surface area contributed by atoms with E-state index in [1.54, 1.807) is 33.9 Å². The van der Waals surface area contributed by atoms with Crippen molar-refractivity contribution in [1.82, 2.24) is 24.7 Å². The lowest BCUT2D eigenvalue weighted by atomic mass is 10.1. The second kappa shape index (κ2) is 7.98. The number of imidazole rings is 1. The van der Waals surface area contributed by atoms with Crippen LogP contribution < -0.4 is 10.5 Å². The van der Waals surface area contributed by atoms with Crippen LogP contribution in [-0.4, -0.2) is 42.0 Å². The monoisotopic (exact) mass is 454 g/mol. The van der Waals surface area contributed by atoms with Gasteiger partial charge in [0.05, 0.1) is 5.69 Å². The zero-order valence-corrected chi connectivity index (χ0v) is 18.4. The minimum absolute atomic E-state index is 0.0573. The molecule has 0 aliphatic heterocycles. The highest BCUT2D eigenvalue weighted by molar-refractivity contribution is 7.99. The number of nitrogens with two attached hydrogens (primary N) is 1. The molecule has 3 aromatic rings. The number of hydrogen-bond donors (Lipinski definition) is 1. The summed E-state index contributed by atoms with van der Waals surface area (Å²) >= 11 is 1.45. The molecule has 0 radical (unpaired) electrons. The lowest BCUT2D eigenvalue weighted by Gasteiger charge is -2.24. The fourth-order valence-electron chi connectivity index (χ4n) is 2.76. The number of pyridine rings is 1. The summed E-state index contributed by atoms with van der Waals surface area (Å²) < 4.78 is 46.3. The molecular weight excluding hydrogens is 433 g/mol. The second-order valence-corrected chi connectivity index (χ2v) is 8.56. The van der Waals surface area contributed by atoms with Gasteiger partial charge in [0.15, 0.2) is 22.8 Å². The summed E-state index contributed by atoms with van der Waals surface area (Å²) in [7, 11) is 1.63. The van der Waals surface area contributed by atoms with Gasteiger partial charge in [-0.05, 0) is 32.6 Å². The Morgan fingerprint density at radius 2 is 1.90 bits per heavy atom. The molecule has 12 heteroatoms. The van der Waals surface area contributed by atoms with E-state index in [0.717, 1.165) is 6.07 Å². The van der Waals surface area contributed by atoms with Crippen LogP contribution in [0.15, 0.2) is 17.0 Å². The fourth-order valence-corrected chi connectivity index (χ4v) is 3.54. The van der Waals surface area contributed by atoms with E-state index in [9.17, 15) is 18.0 Å². The van der Waals surface area contributed by atoms with Gasteiger partial charge in [0.1, 0.15) is 17.0 Å². The molecule has 0 atom stereocenters. The molecule has 8 nitrogen and oxygen atoms in total. The van der Waals surface area contributed by atoms with Crippen LogP contribution >= 0.6 is 11.8 Å². The summed E-state index contributed by atoms with van der Waals surface area (Å²) in [6.45, 7) is 6.74. The zero-order chi connectivity index (χ0) is 23.1. The normalized spacial score (nSPS) is 12.4. The third-order valence-electron chi connectivity index (χ3n) is 4.51. The first-order valence-corrected chi connectivity index (χ1v) is 10.2. The van der Waals surface area contributed by atoms with E-state index >= 15 is 0 Å². The van der Waals surface area contributed by atoms with Crippen LogP contribution in [0, 0.1) is 6.92 Å². The fraction of sp³-hybridized carbons (Fsp3) is 0.421. The molecule has 0 aliphatic carbocycles. The van der Waals surface area contributed by atoms with Crippen molar-refractivity contribution in [1.29, 1.82) is 0 Å². The van der Waals surface area contributed by atoms with E-state index in [0.29, 0.717) is 33.6 Å². The second-order valence-electron chi connectivity index (χ2n) is 7.26. The average molecular weight is 454 g/mol. The Hall–Kier alpha value is -2.89. The number of fused-ring (bicyclic) bond motifs is 1. The van der Waals surface area contributed by atoms with Crippen molar-refractivity contribution in [2.75, 3.05) is 5.75 Å². The average Bonchev–Trinajstić information content (AvgIpc) is 2.99. The molecule has 31 heavy (non-hydrogen) atoms. The number of primary amides is 1. The van der Waals surface area contributed by atoms with Crippen molar-refractivity contribution in [3.63, 3.8) is 0 Å². The molecule has 166 valence electrons. The number of nitrogens with zero attached hydrogens (tertiary/aromatic N) is 5. The molecule has 0 bridgehead atoms. The maximum atomic E-state index is 13.0. The third-order valence-corrected chi connectivity index (χ3v) is 5.42. The van der Waals surface area contributed by atoms with Crippen LogP contribution in [0.1, 0.15) is 32.2 Å². The van der Waals surface area contributed by atoms with Gasteiger partial charge in [-0.15, -0.1) is 22.0 Å². The number of hydrogen-bond acceptors (Lipinski definition) is 7. The summed E-state index contributed by atoms with van der Waals surface area (Å²) in [4.78, 5) is 21.3. The van der Waals surface area contributed by atoms with Crippen LogP contribution in [0.2, 0.25) is 0 Å². The lowest BCUT2D eigenvalue weighted by molar-refractivity contribution is -0.141. The lowest BCUT2D eigenvalue weighted by Crippen LogP contribution is -2.43. The number of rotatable bonds is 6. The van der Waals surface area contributed by atoms with Gasteiger partial charge in [-0.1, -0.05) is 6.92 Å². The van der Waals surface area contributed by atoms with Gasteiger partial charge in [0.25, 0.3) is 5.91 Å². The molecular formula is C19H21F3N6O2S. The number of aryl methyl sites for hydroxylation is 2. The predicted molar refractivity (Wildman–Crippen MR) is 110 cm³/mol. The zero-order valence-electron chi connectivity index (χ0n) is 17.5. The molecule has 0 unspecified atom stereocenters. The summed E-state index contributed by atoms with van der Waals surface area (Å²) in [5, 5.41) is 6.96. The predicted octanol–water partition coefficient (Wildman–Crippen LogP) is 3.51. The number of ether oxygens (including phenoxy) is 1. The first-order chi connectivity index (χ1) is 14.3. The van der Waals surface area contributed by atoms with Crippen LogP contribution in [0.3, 0.4) is 0 Å². The van der Waals surface area contributed by atoms with E-state index < -0.39 is 23.4 Å². The number of thioether (sulfide) groups is 1. The van der Waals surface area contributed by atoms with Crippen molar-refractivity contribution < 1.29 is 22.7 Å². The SMILES string of the molecule is CCSc1cc(OC(C)(C)C(N)=O)c(C)nc1-c1nc2cc(C(F)(F)F)nnc2n1C. The molecule has 3 rings (SSSR count). The van der Waals surface area contributed by atoms with Crippen molar-refractivity contribution in [3.05, 3.63) is 23.5 Å². The van der Waals surface area contributed by atoms with Crippen LogP contribution in [0.5, 0.6) is 5.75 Å². The first kappa shape index (κ1) is 22.8. The topological polar surface area (TPSA) is 109 Å². The Bertz CT molecular complexity index is 1160. The number of carbonyl (C=O) groups excluding carboxylic acids is 1. The largest absolute Gasteiger partial charge is 0.476 e. The quantitative estimate of drug-likeness (QED) is 0.568. The molecule has 0 aliphatic rings. The first-order valence-electron chi connectivity index (χ1n) is 9.26. The maximum absolute atomic E-state index is 13.0. The van der Waals surface area contributed by atoms with Crippen LogP contribution in [0.25, 0.3) is 22.7 Å². The summed E-state index contributed by atoms with van der Waals surface area (Å²) in [6.07, 6.45) is -4.62. The third kappa shape index (κ3) is 4.43. The summed E-state index contributed by atoms with van der Waals surface area (Å²) in [5.74, 6) is 0.776. The van der Waals surface area contributed by atoms with Gasteiger partial charge in [-0.25, -0.2) is 9.97 Å². The van der Waals surface area contributed by atoms with Crippen molar-refractivity contribution in [2.45, 2.75) is 44.4 Å². The van der Waals surface area contributed by atoms with E-state index in [2.05, 4.69) is 20.2 Å². The van der Waals surface area contributed by atoms with Crippen LogP contribution in [0.4, 0.5) is 13.2 Å². The molecule has 3 heterocycles. The molecule has 0 aromatic carbocycles. The van der Waals surface area contributed by atoms with E-state index in [4.69, 9.17) is 10.5 Å². The highest BCUT2D eigenvalue weighted by Gasteiger charge is 2.34. The Balaban J connectivity index is 2.15. The van der Waals surface area contributed by atoms with Gasteiger partial charge in [0, 0.05) is 18.0 Å². The molecule has 0 spiro atoms. The smallest absolute Gasteiger partial charge is 0.435 e. The summed E-state index contributed by atoms with van der Waals surface area (Å²) in [5.41, 5.74) is 4.22. The van der Waals surface area contributed by atoms with Gasteiger partial charge < -0.3 is 15.0 Å². The van der Waals surface area contributed by atoms with Crippen molar-refractivity contribution in [3.8, 4) is 17.3 Å². The van der Waals surface area contributed by atoms with Crippen LogP contribution in [-0.2, 0) is 18.0 Å².